The van der Waals surface area contributed by atoms with Gasteiger partial charge in [0.2, 0.25) is 0 Å². The van der Waals surface area contributed by atoms with Crippen molar-refractivity contribution in [2.45, 2.75) is 52.0 Å². The molecule has 1 N–H and O–H groups in total. The molecule has 1 unspecified atom stereocenters. The zero-order chi connectivity index (χ0) is 17.6. The van der Waals surface area contributed by atoms with Gasteiger partial charge in [-0.3, -0.25) is 0 Å². The predicted octanol–water partition coefficient (Wildman–Crippen LogP) is 4.80. The number of nitrogens with zero attached hydrogens (tertiary/aromatic N) is 2. The van der Waals surface area contributed by atoms with Crippen LogP contribution >= 0.6 is 11.3 Å². The highest BCUT2D eigenvalue weighted by Gasteiger charge is 2.33. The number of thiazole rings is 1. The molecule has 2 fully saturated rings. The molecule has 0 aliphatic carbocycles. The van der Waals surface area contributed by atoms with Crippen molar-refractivity contribution in [3.05, 3.63) is 28.8 Å². The van der Waals surface area contributed by atoms with Crippen molar-refractivity contribution in [1.29, 1.82) is 0 Å². The Morgan fingerprint density at radius 2 is 2.12 bits per heavy atom. The maximum absolute atomic E-state index is 5.07. The standard InChI is InChI=1S/C21H31N3S/c1-14-5-7-17(22-11-14)15-6-8-19-18(9-15)23-20(25-19)16-10-21(2,3)13-24(4)12-16/h6,8-9,14,16-17,22H,5,7,10-13H2,1-4H3/t14-,16?,17+/m0/s1. The molecule has 3 nitrogen and oxygen atoms in total. The molecule has 4 heteroatoms. The number of likely N-dealkylation sites (tertiary alicyclic amines) is 1. The van der Waals surface area contributed by atoms with Gasteiger partial charge in [-0.25, -0.2) is 4.98 Å². The van der Waals surface area contributed by atoms with Crippen LogP contribution in [0.2, 0.25) is 0 Å². The molecule has 3 heterocycles. The number of aromatic nitrogens is 1. The minimum Gasteiger partial charge on any atom is -0.310 e. The topological polar surface area (TPSA) is 28.2 Å². The fourth-order valence-electron chi connectivity index (χ4n) is 4.77. The third kappa shape index (κ3) is 3.76. The summed E-state index contributed by atoms with van der Waals surface area (Å²) in [6, 6.07) is 7.45. The maximum atomic E-state index is 5.07. The summed E-state index contributed by atoms with van der Waals surface area (Å²) in [7, 11) is 2.25. The van der Waals surface area contributed by atoms with E-state index in [1.807, 2.05) is 11.3 Å². The molecule has 2 aliphatic heterocycles. The number of likely N-dealkylation sites (N-methyl/N-ethyl adjacent to an activating group) is 1. The van der Waals surface area contributed by atoms with Crippen molar-refractivity contribution in [2.75, 3.05) is 26.7 Å². The van der Waals surface area contributed by atoms with Crippen LogP contribution in [0, 0.1) is 11.3 Å². The summed E-state index contributed by atoms with van der Waals surface area (Å²) >= 11 is 1.90. The summed E-state index contributed by atoms with van der Waals surface area (Å²) in [6.07, 6.45) is 3.80. The van der Waals surface area contributed by atoms with E-state index >= 15 is 0 Å². The van der Waals surface area contributed by atoms with E-state index in [0.717, 1.165) is 19.0 Å². The molecule has 0 saturated carbocycles. The number of hydrogen-bond acceptors (Lipinski definition) is 4. The molecular formula is C21H31N3S. The van der Waals surface area contributed by atoms with Gasteiger partial charge in [0.05, 0.1) is 15.2 Å². The zero-order valence-corrected chi connectivity index (χ0v) is 16.8. The van der Waals surface area contributed by atoms with E-state index in [0.29, 0.717) is 17.4 Å². The third-order valence-corrected chi connectivity index (χ3v) is 7.07. The molecule has 0 bridgehead atoms. The summed E-state index contributed by atoms with van der Waals surface area (Å²) < 4.78 is 1.34. The van der Waals surface area contributed by atoms with Crippen LogP contribution in [0.3, 0.4) is 0 Å². The van der Waals surface area contributed by atoms with Gasteiger partial charge in [0, 0.05) is 25.0 Å². The van der Waals surface area contributed by atoms with E-state index in [9.17, 15) is 0 Å². The smallest absolute Gasteiger partial charge is 0.0982 e. The summed E-state index contributed by atoms with van der Waals surface area (Å²) in [5, 5.41) is 5.04. The van der Waals surface area contributed by atoms with Crippen molar-refractivity contribution in [2.24, 2.45) is 11.3 Å². The third-order valence-electron chi connectivity index (χ3n) is 5.87. The van der Waals surface area contributed by atoms with Gasteiger partial charge >= 0.3 is 0 Å². The van der Waals surface area contributed by atoms with Crippen LogP contribution < -0.4 is 5.32 Å². The van der Waals surface area contributed by atoms with Crippen molar-refractivity contribution in [3.8, 4) is 0 Å². The first-order valence-electron chi connectivity index (χ1n) is 9.72. The first-order valence-corrected chi connectivity index (χ1v) is 10.5. The van der Waals surface area contributed by atoms with E-state index in [4.69, 9.17) is 4.98 Å². The highest BCUT2D eigenvalue weighted by molar-refractivity contribution is 7.18. The molecule has 25 heavy (non-hydrogen) atoms. The van der Waals surface area contributed by atoms with Crippen molar-refractivity contribution >= 4 is 21.6 Å². The fourth-order valence-corrected chi connectivity index (χ4v) is 5.81. The minimum atomic E-state index is 0.378. The van der Waals surface area contributed by atoms with Crippen LogP contribution in [-0.4, -0.2) is 36.6 Å². The van der Waals surface area contributed by atoms with Gasteiger partial charge in [0.15, 0.2) is 0 Å². The van der Waals surface area contributed by atoms with E-state index in [1.54, 1.807) is 0 Å². The van der Waals surface area contributed by atoms with E-state index in [1.165, 1.54) is 46.6 Å². The van der Waals surface area contributed by atoms with Gasteiger partial charge in [-0.05, 0) is 61.9 Å². The molecule has 136 valence electrons. The Hall–Kier alpha value is -0.970. The average Bonchev–Trinajstić information content (AvgIpc) is 2.97. The number of nitrogens with one attached hydrogen (secondary N) is 1. The second kappa shape index (κ2) is 6.64. The van der Waals surface area contributed by atoms with Gasteiger partial charge in [0.25, 0.3) is 0 Å². The Bertz CT molecular complexity index is 743. The van der Waals surface area contributed by atoms with Crippen LogP contribution in [0.15, 0.2) is 18.2 Å². The van der Waals surface area contributed by atoms with Crippen LogP contribution in [0.4, 0.5) is 0 Å². The van der Waals surface area contributed by atoms with Gasteiger partial charge in [0.1, 0.15) is 0 Å². The normalized spacial score (nSPS) is 30.6. The largest absolute Gasteiger partial charge is 0.310 e. The number of hydrogen-bond donors (Lipinski definition) is 1. The summed E-state index contributed by atoms with van der Waals surface area (Å²) in [5.41, 5.74) is 2.99. The van der Waals surface area contributed by atoms with Crippen LogP contribution in [0.25, 0.3) is 10.2 Å². The van der Waals surface area contributed by atoms with E-state index in [-0.39, 0.29) is 0 Å². The lowest BCUT2D eigenvalue weighted by atomic mass is 9.79. The second-order valence-electron chi connectivity index (χ2n) is 9.18. The number of rotatable bonds is 2. The Kier molecular flexibility index (Phi) is 4.63. The molecule has 2 saturated heterocycles. The highest BCUT2D eigenvalue weighted by Crippen LogP contribution is 2.40. The summed E-state index contributed by atoms with van der Waals surface area (Å²) in [5.74, 6) is 1.38. The second-order valence-corrected chi connectivity index (χ2v) is 10.2. The molecule has 1 aromatic carbocycles. The fraction of sp³-hybridized carbons (Fsp3) is 0.667. The summed E-state index contributed by atoms with van der Waals surface area (Å²) in [4.78, 5) is 7.54. The minimum absolute atomic E-state index is 0.378. The lowest BCUT2D eigenvalue weighted by molar-refractivity contribution is 0.123. The Labute approximate surface area is 155 Å². The van der Waals surface area contributed by atoms with Gasteiger partial charge in [-0.1, -0.05) is 26.8 Å². The molecule has 3 atom stereocenters. The van der Waals surface area contributed by atoms with Crippen LogP contribution in [0.5, 0.6) is 0 Å². The van der Waals surface area contributed by atoms with Crippen molar-refractivity contribution < 1.29 is 0 Å². The molecule has 4 rings (SSSR count). The van der Waals surface area contributed by atoms with Crippen LogP contribution in [0.1, 0.15) is 62.6 Å². The Balaban J connectivity index is 1.58. The van der Waals surface area contributed by atoms with E-state index in [2.05, 4.69) is 56.2 Å². The van der Waals surface area contributed by atoms with Crippen molar-refractivity contribution in [1.82, 2.24) is 15.2 Å². The Morgan fingerprint density at radius 3 is 2.84 bits per heavy atom. The van der Waals surface area contributed by atoms with E-state index < -0.39 is 0 Å². The molecule has 2 aromatic rings. The van der Waals surface area contributed by atoms with Crippen molar-refractivity contribution in [3.63, 3.8) is 0 Å². The number of piperidine rings is 2. The molecule has 0 radical (unpaired) electrons. The SMILES string of the molecule is C[C@H]1CC[C@H](c2ccc3sc(C4CN(C)CC(C)(C)C4)nc3c2)NC1. The lowest BCUT2D eigenvalue weighted by Gasteiger charge is -2.40. The Morgan fingerprint density at radius 1 is 1.28 bits per heavy atom. The summed E-state index contributed by atoms with van der Waals surface area (Å²) in [6.45, 7) is 10.6. The first kappa shape index (κ1) is 17.4. The quantitative estimate of drug-likeness (QED) is 0.836. The molecule has 2 aliphatic rings. The zero-order valence-electron chi connectivity index (χ0n) is 16.0. The predicted molar refractivity (Wildman–Crippen MR) is 107 cm³/mol. The first-order chi connectivity index (χ1) is 11.9. The molecule has 1 aromatic heterocycles. The molecular weight excluding hydrogens is 326 g/mol. The maximum Gasteiger partial charge on any atom is 0.0982 e. The van der Waals surface area contributed by atoms with Gasteiger partial charge in [-0.15, -0.1) is 11.3 Å². The van der Waals surface area contributed by atoms with Gasteiger partial charge in [-0.2, -0.15) is 0 Å². The van der Waals surface area contributed by atoms with Crippen LogP contribution in [-0.2, 0) is 0 Å². The number of benzene rings is 1. The molecule has 0 amide bonds. The number of fused-ring (bicyclic) bond motifs is 1. The highest BCUT2D eigenvalue weighted by atomic mass is 32.1. The average molecular weight is 358 g/mol. The molecule has 0 spiro atoms. The lowest BCUT2D eigenvalue weighted by Crippen LogP contribution is -2.41. The monoisotopic (exact) mass is 357 g/mol. The van der Waals surface area contributed by atoms with Gasteiger partial charge < -0.3 is 10.2 Å².